The fourth-order valence-electron chi connectivity index (χ4n) is 2.06. The van der Waals surface area contributed by atoms with Crippen molar-refractivity contribution in [2.45, 2.75) is 13.3 Å². The number of aryl methyl sites for hydroxylation is 1. The number of aromatic amines is 1. The van der Waals surface area contributed by atoms with Gasteiger partial charge in [-0.25, -0.2) is 0 Å². The van der Waals surface area contributed by atoms with Crippen LogP contribution in [0.25, 0.3) is 10.9 Å². The minimum absolute atomic E-state index is 0.0693. The van der Waals surface area contributed by atoms with Gasteiger partial charge in [-0.3, -0.25) is 4.79 Å². The molecule has 0 spiro atoms. The molecule has 1 aromatic carbocycles. The van der Waals surface area contributed by atoms with Gasteiger partial charge in [0.05, 0.1) is 12.1 Å². The zero-order valence-corrected chi connectivity index (χ0v) is 12.8. The molecule has 0 saturated heterocycles. The number of guanidine groups is 1. The van der Waals surface area contributed by atoms with Gasteiger partial charge in [0.2, 0.25) is 0 Å². The van der Waals surface area contributed by atoms with E-state index in [0.29, 0.717) is 24.6 Å². The quantitative estimate of drug-likeness (QED) is 0.371. The Bertz CT molecular complexity index is 705. The number of fused-ring (bicyclic) bond motifs is 1. The molecule has 0 unspecified atom stereocenters. The van der Waals surface area contributed by atoms with E-state index in [4.69, 9.17) is 16.2 Å². The predicted molar refractivity (Wildman–Crippen MR) is 87.2 cm³/mol. The van der Waals surface area contributed by atoms with Crippen LogP contribution in [0, 0.1) is 6.92 Å². The van der Waals surface area contributed by atoms with Crippen LogP contribution in [0.4, 0.5) is 0 Å². The average molecular weight is 303 g/mol. The molecule has 0 bridgehead atoms. The van der Waals surface area contributed by atoms with E-state index in [-0.39, 0.29) is 5.96 Å². The SMILES string of the molecule is CNC(N)=NC(=O)c1cc2c(C)ccc(OCCCN)c2[nH]1. The minimum atomic E-state index is -0.435. The molecule has 0 radical (unpaired) electrons. The number of benzene rings is 1. The molecule has 1 aromatic heterocycles. The normalized spacial score (nSPS) is 11.7. The first-order valence-electron chi connectivity index (χ1n) is 7.08. The summed E-state index contributed by atoms with van der Waals surface area (Å²) < 4.78 is 5.71. The number of H-pyrrole nitrogens is 1. The van der Waals surface area contributed by atoms with Crippen LogP contribution in [0.15, 0.2) is 23.2 Å². The molecule has 2 aromatic rings. The number of nitrogens with zero attached hydrogens (tertiary/aromatic N) is 1. The summed E-state index contributed by atoms with van der Waals surface area (Å²) in [4.78, 5) is 18.9. The summed E-state index contributed by atoms with van der Waals surface area (Å²) in [5.41, 5.74) is 13.2. The molecule has 0 atom stereocenters. The first-order chi connectivity index (χ1) is 10.6. The van der Waals surface area contributed by atoms with Crippen LogP contribution in [-0.4, -0.2) is 37.1 Å². The maximum atomic E-state index is 12.1. The number of nitrogens with two attached hydrogens (primary N) is 2. The third kappa shape index (κ3) is 3.37. The molecule has 118 valence electrons. The molecule has 0 aliphatic rings. The van der Waals surface area contributed by atoms with Crippen molar-refractivity contribution in [1.82, 2.24) is 10.3 Å². The van der Waals surface area contributed by atoms with E-state index in [1.54, 1.807) is 13.1 Å². The van der Waals surface area contributed by atoms with Gasteiger partial charge in [0.1, 0.15) is 11.4 Å². The lowest BCUT2D eigenvalue weighted by Gasteiger charge is -2.07. The zero-order chi connectivity index (χ0) is 16.1. The van der Waals surface area contributed by atoms with E-state index in [9.17, 15) is 4.79 Å². The number of carbonyl (C=O) groups excluding carboxylic acids is 1. The van der Waals surface area contributed by atoms with Crippen LogP contribution < -0.4 is 21.5 Å². The number of aliphatic imine (C=N–C) groups is 1. The second kappa shape index (κ2) is 6.95. The van der Waals surface area contributed by atoms with Crippen LogP contribution in [0.3, 0.4) is 0 Å². The second-order valence-electron chi connectivity index (χ2n) is 4.90. The fourth-order valence-corrected chi connectivity index (χ4v) is 2.06. The maximum absolute atomic E-state index is 12.1. The summed E-state index contributed by atoms with van der Waals surface area (Å²) >= 11 is 0. The van der Waals surface area contributed by atoms with Gasteiger partial charge in [-0.15, -0.1) is 0 Å². The largest absolute Gasteiger partial charge is 0.491 e. The van der Waals surface area contributed by atoms with E-state index in [2.05, 4.69) is 15.3 Å². The topological polar surface area (TPSA) is 119 Å². The first kappa shape index (κ1) is 15.8. The number of amides is 1. The Balaban J connectivity index is 2.37. The highest BCUT2D eigenvalue weighted by atomic mass is 16.5. The summed E-state index contributed by atoms with van der Waals surface area (Å²) in [6, 6.07) is 5.59. The molecule has 22 heavy (non-hydrogen) atoms. The summed E-state index contributed by atoms with van der Waals surface area (Å²) in [6.07, 6.45) is 0.769. The molecule has 1 heterocycles. The molecular formula is C15H21N5O2. The summed E-state index contributed by atoms with van der Waals surface area (Å²) in [5.74, 6) is 0.328. The molecule has 7 heteroatoms. The van der Waals surface area contributed by atoms with Crippen molar-refractivity contribution in [3.63, 3.8) is 0 Å². The third-order valence-electron chi connectivity index (χ3n) is 3.29. The Labute approximate surface area is 128 Å². The number of nitrogens with one attached hydrogen (secondary N) is 2. The van der Waals surface area contributed by atoms with Gasteiger partial charge in [-0.05, 0) is 37.6 Å². The van der Waals surface area contributed by atoms with Crippen LogP contribution in [0.5, 0.6) is 5.75 Å². The Hall–Kier alpha value is -2.54. The molecule has 0 fully saturated rings. The Morgan fingerprint density at radius 1 is 1.45 bits per heavy atom. The summed E-state index contributed by atoms with van der Waals surface area (Å²) in [5, 5.41) is 3.54. The standard InChI is InChI=1S/C15H21N5O2/c1-9-4-5-12(22-7-3-6-16)13-10(9)8-11(19-13)14(21)20-15(17)18-2/h4-5,8,19H,3,6-7,16H2,1-2H3,(H3,17,18,20,21). The van der Waals surface area contributed by atoms with Crippen molar-refractivity contribution in [1.29, 1.82) is 0 Å². The molecule has 0 saturated carbocycles. The second-order valence-corrected chi connectivity index (χ2v) is 4.90. The lowest BCUT2D eigenvalue weighted by atomic mass is 10.1. The van der Waals surface area contributed by atoms with Crippen molar-refractivity contribution in [2.75, 3.05) is 20.2 Å². The predicted octanol–water partition coefficient (Wildman–Crippen LogP) is 0.878. The van der Waals surface area contributed by atoms with E-state index in [1.165, 1.54) is 0 Å². The molecule has 7 nitrogen and oxygen atoms in total. The molecule has 2 rings (SSSR count). The highest BCUT2D eigenvalue weighted by Gasteiger charge is 2.13. The number of hydrogen-bond acceptors (Lipinski definition) is 3. The lowest BCUT2D eigenvalue weighted by Crippen LogP contribution is -2.28. The van der Waals surface area contributed by atoms with Gasteiger partial charge < -0.3 is 26.5 Å². The third-order valence-corrected chi connectivity index (χ3v) is 3.29. The lowest BCUT2D eigenvalue weighted by molar-refractivity contribution is 0.0998. The Morgan fingerprint density at radius 3 is 2.91 bits per heavy atom. The van der Waals surface area contributed by atoms with Crippen LogP contribution in [0.1, 0.15) is 22.5 Å². The number of hydrogen-bond donors (Lipinski definition) is 4. The van der Waals surface area contributed by atoms with Gasteiger partial charge in [0, 0.05) is 12.4 Å². The number of rotatable bonds is 5. The van der Waals surface area contributed by atoms with Gasteiger partial charge in [-0.1, -0.05) is 6.07 Å². The molecule has 0 aliphatic carbocycles. The van der Waals surface area contributed by atoms with Gasteiger partial charge in [0.15, 0.2) is 5.96 Å². The van der Waals surface area contributed by atoms with Crippen LogP contribution >= 0.6 is 0 Å². The van der Waals surface area contributed by atoms with E-state index < -0.39 is 5.91 Å². The van der Waals surface area contributed by atoms with Crippen LogP contribution in [0.2, 0.25) is 0 Å². The first-order valence-corrected chi connectivity index (χ1v) is 7.08. The highest BCUT2D eigenvalue weighted by Crippen LogP contribution is 2.29. The molecule has 1 amide bonds. The monoisotopic (exact) mass is 303 g/mol. The molecule has 6 N–H and O–H groups in total. The van der Waals surface area contributed by atoms with Gasteiger partial charge >= 0.3 is 0 Å². The Kier molecular flexibility index (Phi) is 5.00. The zero-order valence-electron chi connectivity index (χ0n) is 12.8. The fraction of sp³-hybridized carbons (Fsp3) is 0.333. The van der Waals surface area contributed by atoms with Gasteiger partial charge in [-0.2, -0.15) is 4.99 Å². The van der Waals surface area contributed by atoms with Crippen molar-refractivity contribution in [2.24, 2.45) is 16.5 Å². The number of ether oxygens (including phenoxy) is 1. The number of aromatic nitrogens is 1. The van der Waals surface area contributed by atoms with Crippen molar-refractivity contribution in [3.8, 4) is 5.75 Å². The van der Waals surface area contributed by atoms with Crippen molar-refractivity contribution in [3.05, 3.63) is 29.5 Å². The van der Waals surface area contributed by atoms with E-state index >= 15 is 0 Å². The van der Waals surface area contributed by atoms with E-state index in [1.807, 2.05) is 19.1 Å². The Morgan fingerprint density at radius 2 is 2.23 bits per heavy atom. The highest BCUT2D eigenvalue weighted by molar-refractivity contribution is 6.05. The van der Waals surface area contributed by atoms with Crippen molar-refractivity contribution >= 4 is 22.8 Å². The minimum Gasteiger partial charge on any atom is -0.491 e. The molecule has 0 aliphatic heterocycles. The molecular weight excluding hydrogens is 282 g/mol. The van der Waals surface area contributed by atoms with Crippen LogP contribution in [-0.2, 0) is 0 Å². The summed E-state index contributed by atoms with van der Waals surface area (Å²) in [7, 11) is 1.60. The number of carbonyl (C=O) groups is 1. The smallest absolute Gasteiger partial charge is 0.296 e. The van der Waals surface area contributed by atoms with Gasteiger partial charge in [0.25, 0.3) is 5.91 Å². The van der Waals surface area contributed by atoms with E-state index in [0.717, 1.165) is 22.9 Å². The average Bonchev–Trinajstić information content (AvgIpc) is 2.96. The maximum Gasteiger partial charge on any atom is 0.296 e. The summed E-state index contributed by atoms with van der Waals surface area (Å²) in [6.45, 7) is 3.07. The van der Waals surface area contributed by atoms with Crippen molar-refractivity contribution < 1.29 is 9.53 Å².